The zero-order valence-corrected chi connectivity index (χ0v) is 12.7. The van der Waals surface area contributed by atoms with Gasteiger partial charge in [-0.25, -0.2) is 0 Å². The molecule has 0 aromatic heterocycles. The number of ether oxygens (including phenoxy) is 1. The van der Waals surface area contributed by atoms with Crippen LogP contribution in [0.5, 0.6) is 0 Å². The van der Waals surface area contributed by atoms with E-state index in [1.807, 2.05) is 35.2 Å². The van der Waals surface area contributed by atoms with Gasteiger partial charge in [0.2, 0.25) is 0 Å². The molecule has 4 nitrogen and oxygen atoms in total. The second kappa shape index (κ2) is 8.15. The first-order valence-electron chi connectivity index (χ1n) is 7.77. The molecule has 1 amide bonds. The molecule has 1 aromatic rings. The molecule has 1 unspecified atom stereocenters. The van der Waals surface area contributed by atoms with Crippen molar-refractivity contribution >= 4 is 5.91 Å². The highest BCUT2D eigenvalue weighted by Gasteiger charge is 2.31. The first kappa shape index (κ1) is 16.0. The van der Waals surface area contributed by atoms with E-state index in [4.69, 9.17) is 4.74 Å². The molecule has 1 aliphatic rings. The second-order valence-corrected chi connectivity index (χ2v) is 5.57. The van der Waals surface area contributed by atoms with E-state index in [1.54, 1.807) is 7.11 Å². The van der Waals surface area contributed by atoms with E-state index in [1.165, 1.54) is 6.42 Å². The summed E-state index contributed by atoms with van der Waals surface area (Å²) in [4.78, 5) is 14.7. The lowest BCUT2D eigenvalue weighted by Gasteiger charge is -2.36. The Labute approximate surface area is 126 Å². The van der Waals surface area contributed by atoms with Crippen molar-refractivity contribution in [2.75, 3.05) is 20.3 Å². The van der Waals surface area contributed by atoms with Gasteiger partial charge in [0, 0.05) is 19.7 Å². The lowest BCUT2D eigenvalue weighted by molar-refractivity contribution is -0.146. The monoisotopic (exact) mass is 291 g/mol. The molecule has 0 aliphatic heterocycles. The van der Waals surface area contributed by atoms with Crippen LogP contribution in [0.1, 0.15) is 43.8 Å². The third-order valence-corrected chi connectivity index (χ3v) is 4.20. The SMILES string of the molecule is COC(C(=O)N(CCO)C1CCCCC1)c1ccccc1. The summed E-state index contributed by atoms with van der Waals surface area (Å²) < 4.78 is 5.44. The summed E-state index contributed by atoms with van der Waals surface area (Å²) in [5.74, 6) is -0.0374. The zero-order valence-electron chi connectivity index (χ0n) is 12.7. The minimum atomic E-state index is -0.584. The Hall–Kier alpha value is -1.39. The standard InChI is InChI=1S/C17H25NO3/c1-21-16(14-8-4-2-5-9-14)17(20)18(12-13-19)15-10-6-3-7-11-15/h2,4-5,8-9,15-16,19H,3,6-7,10-13H2,1H3. The summed E-state index contributed by atoms with van der Waals surface area (Å²) in [5, 5.41) is 9.31. The fraction of sp³-hybridized carbons (Fsp3) is 0.588. The van der Waals surface area contributed by atoms with E-state index < -0.39 is 6.10 Å². The van der Waals surface area contributed by atoms with Gasteiger partial charge in [0.25, 0.3) is 5.91 Å². The van der Waals surface area contributed by atoms with Crippen LogP contribution < -0.4 is 0 Å². The highest BCUT2D eigenvalue weighted by molar-refractivity contribution is 5.82. The molecule has 0 bridgehead atoms. The minimum Gasteiger partial charge on any atom is -0.395 e. The Morgan fingerprint density at radius 3 is 2.52 bits per heavy atom. The maximum Gasteiger partial charge on any atom is 0.256 e. The molecule has 4 heteroatoms. The van der Waals surface area contributed by atoms with Crippen LogP contribution >= 0.6 is 0 Å². The second-order valence-electron chi connectivity index (χ2n) is 5.57. The van der Waals surface area contributed by atoms with Crippen molar-refractivity contribution in [2.45, 2.75) is 44.2 Å². The van der Waals surface area contributed by atoms with Gasteiger partial charge >= 0.3 is 0 Å². The summed E-state index contributed by atoms with van der Waals surface area (Å²) in [6.07, 6.45) is 5.02. The normalized spacial score (nSPS) is 17.4. The van der Waals surface area contributed by atoms with Crippen LogP contribution in [0.2, 0.25) is 0 Å². The van der Waals surface area contributed by atoms with E-state index in [2.05, 4.69) is 0 Å². The maximum absolute atomic E-state index is 12.9. The zero-order chi connectivity index (χ0) is 15.1. The van der Waals surface area contributed by atoms with Crippen LogP contribution in [0.3, 0.4) is 0 Å². The van der Waals surface area contributed by atoms with Gasteiger partial charge < -0.3 is 14.7 Å². The molecule has 0 heterocycles. The van der Waals surface area contributed by atoms with Crippen molar-refractivity contribution in [1.29, 1.82) is 0 Å². The van der Waals surface area contributed by atoms with E-state index >= 15 is 0 Å². The number of carbonyl (C=O) groups excluding carboxylic acids is 1. The van der Waals surface area contributed by atoms with Crippen molar-refractivity contribution in [3.63, 3.8) is 0 Å². The molecule has 0 radical (unpaired) electrons. The summed E-state index contributed by atoms with van der Waals surface area (Å²) in [6.45, 7) is 0.379. The van der Waals surface area contributed by atoms with Gasteiger partial charge in [-0.15, -0.1) is 0 Å². The van der Waals surface area contributed by atoms with Crippen LogP contribution in [0.4, 0.5) is 0 Å². The van der Waals surface area contributed by atoms with E-state index in [0.29, 0.717) is 6.54 Å². The average Bonchev–Trinajstić information content (AvgIpc) is 2.55. The maximum atomic E-state index is 12.9. The highest BCUT2D eigenvalue weighted by Crippen LogP contribution is 2.26. The number of aliphatic hydroxyl groups excluding tert-OH is 1. The van der Waals surface area contributed by atoms with Crippen molar-refractivity contribution in [3.05, 3.63) is 35.9 Å². The first-order valence-corrected chi connectivity index (χ1v) is 7.77. The van der Waals surface area contributed by atoms with Gasteiger partial charge in [0.1, 0.15) is 0 Å². The fourth-order valence-electron chi connectivity index (χ4n) is 3.13. The van der Waals surface area contributed by atoms with E-state index in [9.17, 15) is 9.90 Å². The Morgan fingerprint density at radius 2 is 1.95 bits per heavy atom. The van der Waals surface area contributed by atoms with Gasteiger partial charge in [-0.1, -0.05) is 49.6 Å². The van der Waals surface area contributed by atoms with Crippen molar-refractivity contribution in [2.24, 2.45) is 0 Å². The summed E-state index contributed by atoms with van der Waals surface area (Å²) in [5.41, 5.74) is 0.865. The van der Waals surface area contributed by atoms with Gasteiger partial charge in [-0.2, -0.15) is 0 Å². The van der Waals surface area contributed by atoms with Crippen LogP contribution in [-0.2, 0) is 9.53 Å². The number of benzene rings is 1. The number of rotatable bonds is 6. The molecular formula is C17H25NO3. The predicted molar refractivity (Wildman–Crippen MR) is 81.9 cm³/mol. The number of carbonyl (C=O) groups is 1. The molecule has 0 saturated heterocycles. The summed E-state index contributed by atoms with van der Waals surface area (Å²) in [6, 6.07) is 9.79. The number of methoxy groups -OCH3 is 1. The number of hydrogen-bond donors (Lipinski definition) is 1. The summed E-state index contributed by atoms with van der Waals surface area (Å²) >= 11 is 0. The van der Waals surface area contributed by atoms with Crippen molar-refractivity contribution in [3.8, 4) is 0 Å². The largest absolute Gasteiger partial charge is 0.395 e. The van der Waals surface area contributed by atoms with Crippen LogP contribution in [-0.4, -0.2) is 42.2 Å². The Morgan fingerprint density at radius 1 is 1.29 bits per heavy atom. The average molecular weight is 291 g/mol. The molecule has 1 aliphatic carbocycles. The lowest BCUT2D eigenvalue weighted by Crippen LogP contribution is -2.45. The van der Waals surface area contributed by atoms with E-state index in [-0.39, 0.29) is 18.6 Å². The highest BCUT2D eigenvalue weighted by atomic mass is 16.5. The Balaban J connectivity index is 2.15. The molecular weight excluding hydrogens is 266 g/mol. The quantitative estimate of drug-likeness (QED) is 0.876. The first-order chi connectivity index (χ1) is 10.3. The van der Waals surface area contributed by atoms with Crippen LogP contribution in [0, 0.1) is 0 Å². The molecule has 116 valence electrons. The third-order valence-electron chi connectivity index (χ3n) is 4.20. The number of hydrogen-bond acceptors (Lipinski definition) is 3. The third kappa shape index (κ3) is 4.05. The van der Waals surface area contributed by atoms with Crippen molar-refractivity contribution in [1.82, 2.24) is 4.90 Å². The molecule has 2 rings (SSSR count). The van der Waals surface area contributed by atoms with Gasteiger partial charge in [-0.3, -0.25) is 4.79 Å². The molecule has 1 saturated carbocycles. The summed E-state index contributed by atoms with van der Waals surface area (Å²) in [7, 11) is 1.56. The molecule has 0 spiro atoms. The molecule has 1 fully saturated rings. The van der Waals surface area contributed by atoms with Crippen molar-refractivity contribution < 1.29 is 14.6 Å². The van der Waals surface area contributed by atoms with Crippen LogP contribution in [0.15, 0.2) is 30.3 Å². The molecule has 1 N–H and O–H groups in total. The number of amides is 1. The number of aliphatic hydroxyl groups is 1. The van der Waals surface area contributed by atoms with Gasteiger partial charge in [-0.05, 0) is 18.4 Å². The molecule has 21 heavy (non-hydrogen) atoms. The smallest absolute Gasteiger partial charge is 0.256 e. The topological polar surface area (TPSA) is 49.8 Å². The van der Waals surface area contributed by atoms with Gasteiger partial charge in [0.15, 0.2) is 6.10 Å². The fourth-order valence-corrected chi connectivity index (χ4v) is 3.13. The Kier molecular flexibility index (Phi) is 6.21. The molecule has 1 atom stereocenters. The number of nitrogens with zero attached hydrogens (tertiary/aromatic N) is 1. The van der Waals surface area contributed by atoms with Crippen LogP contribution in [0.25, 0.3) is 0 Å². The predicted octanol–water partition coefficient (Wildman–Crippen LogP) is 2.53. The lowest BCUT2D eigenvalue weighted by atomic mass is 9.93. The Bertz CT molecular complexity index is 429. The van der Waals surface area contributed by atoms with E-state index in [0.717, 1.165) is 31.2 Å². The molecule has 1 aromatic carbocycles. The minimum absolute atomic E-state index is 0.00648. The van der Waals surface area contributed by atoms with Gasteiger partial charge in [0.05, 0.1) is 6.61 Å².